The molecule has 0 bridgehead atoms. The predicted octanol–water partition coefficient (Wildman–Crippen LogP) is 0.761. The van der Waals surface area contributed by atoms with Gasteiger partial charge in [0.25, 0.3) is 0 Å². The summed E-state index contributed by atoms with van der Waals surface area (Å²) in [4.78, 5) is 11.0. The minimum Gasteiger partial charge on any atom is -0.387 e. The van der Waals surface area contributed by atoms with Crippen LogP contribution in [0.2, 0.25) is 0 Å². The molecule has 17 heavy (non-hydrogen) atoms. The van der Waals surface area contributed by atoms with Gasteiger partial charge in [-0.15, -0.1) is 0 Å². The molecule has 1 unspecified atom stereocenters. The largest absolute Gasteiger partial charge is 0.387 e. The Labute approximate surface area is 97.2 Å². The van der Waals surface area contributed by atoms with E-state index in [0.29, 0.717) is 5.56 Å². The summed E-state index contributed by atoms with van der Waals surface area (Å²) in [5, 5.41) is 11.0. The van der Waals surface area contributed by atoms with Crippen molar-refractivity contribution in [2.24, 2.45) is 0 Å². The average molecular weight is 245 g/mol. The van der Waals surface area contributed by atoms with Crippen LogP contribution in [0.3, 0.4) is 0 Å². The molecule has 0 saturated carbocycles. The third-order valence-corrected chi connectivity index (χ3v) is 2.16. The van der Waals surface area contributed by atoms with Crippen molar-refractivity contribution < 1.29 is 23.4 Å². The van der Waals surface area contributed by atoms with E-state index in [1.54, 1.807) is 0 Å². The van der Waals surface area contributed by atoms with Crippen molar-refractivity contribution in [3.05, 3.63) is 35.4 Å². The molecule has 0 radical (unpaired) electrons. The number of hydrogen-bond acceptors (Lipinski definition) is 3. The van der Waals surface area contributed by atoms with Gasteiger partial charge in [-0.05, 0) is 17.7 Å². The van der Waals surface area contributed by atoms with E-state index < -0.39 is 30.2 Å². The topological polar surface area (TPSA) is 58.6 Å². The van der Waals surface area contributed by atoms with E-state index in [1.807, 2.05) is 0 Å². The highest BCUT2D eigenvalue weighted by Gasteiger charge is 2.15. The standard InChI is InChI=1S/C11H13F2NO3/c1-17-6-10(14-11(16)5-15)7-2-3-8(12)9(13)4-7/h2-4,10,15H,5-6H2,1H3,(H,14,16). The summed E-state index contributed by atoms with van der Waals surface area (Å²) in [6.45, 7) is -0.583. The molecule has 0 heterocycles. The van der Waals surface area contributed by atoms with Gasteiger partial charge >= 0.3 is 0 Å². The quantitative estimate of drug-likeness (QED) is 0.805. The lowest BCUT2D eigenvalue weighted by molar-refractivity contribution is -0.125. The Morgan fingerprint density at radius 2 is 2.18 bits per heavy atom. The molecule has 1 rings (SSSR count). The molecular weight excluding hydrogens is 232 g/mol. The lowest BCUT2D eigenvalue weighted by atomic mass is 10.1. The van der Waals surface area contributed by atoms with Crippen LogP contribution in [0.1, 0.15) is 11.6 Å². The van der Waals surface area contributed by atoms with Crippen molar-refractivity contribution in [3.8, 4) is 0 Å². The number of aliphatic hydroxyl groups excluding tert-OH is 1. The molecule has 0 aliphatic carbocycles. The van der Waals surface area contributed by atoms with Gasteiger partial charge in [0.05, 0.1) is 12.6 Å². The van der Waals surface area contributed by atoms with E-state index in [4.69, 9.17) is 9.84 Å². The van der Waals surface area contributed by atoms with E-state index in [1.165, 1.54) is 13.2 Å². The summed E-state index contributed by atoms with van der Waals surface area (Å²) in [5.74, 6) is -2.57. The van der Waals surface area contributed by atoms with Gasteiger partial charge in [-0.25, -0.2) is 8.78 Å². The van der Waals surface area contributed by atoms with Crippen LogP contribution in [0.5, 0.6) is 0 Å². The average Bonchev–Trinajstić information content (AvgIpc) is 2.32. The first kappa shape index (κ1) is 13.5. The third-order valence-electron chi connectivity index (χ3n) is 2.16. The number of hydrogen-bond donors (Lipinski definition) is 2. The first-order valence-electron chi connectivity index (χ1n) is 4.92. The second kappa shape index (κ2) is 6.27. The van der Waals surface area contributed by atoms with Crippen LogP contribution in [0.4, 0.5) is 8.78 Å². The maximum absolute atomic E-state index is 13.0. The summed E-state index contributed by atoms with van der Waals surface area (Å²) in [6.07, 6.45) is 0. The second-order valence-corrected chi connectivity index (χ2v) is 3.41. The van der Waals surface area contributed by atoms with Crippen molar-refractivity contribution in [2.75, 3.05) is 20.3 Å². The van der Waals surface area contributed by atoms with Gasteiger partial charge in [0, 0.05) is 7.11 Å². The molecule has 0 aliphatic heterocycles. The lowest BCUT2D eigenvalue weighted by Gasteiger charge is -2.17. The minimum absolute atomic E-state index is 0.0941. The Balaban J connectivity index is 2.88. The van der Waals surface area contributed by atoms with Crippen molar-refractivity contribution in [1.29, 1.82) is 0 Å². The van der Waals surface area contributed by atoms with Gasteiger partial charge in [0.15, 0.2) is 11.6 Å². The molecule has 0 saturated heterocycles. The molecule has 1 atom stereocenters. The van der Waals surface area contributed by atoms with Crippen LogP contribution in [-0.4, -0.2) is 31.3 Å². The summed E-state index contributed by atoms with van der Waals surface area (Å²) < 4.78 is 30.6. The van der Waals surface area contributed by atoms with E-state index in [2.05, 4.69) is 5.32 Å². The number of nitrogens with one attached hydrogen (secondary N) is 1. The molecule has 0 fully saturated rings. The Bertz CT molecular complexity index is 398. The van der Waals surface area contributed by atoms with Gasteiger partial charge in [-0.3, -0.25) is 4.79 Å². The third kappa shape index (κ3) is 3.76. The smallest absolute Gasteiger partial charge is 0.246 e. The number of aliphatic hydroxyl groups is 1. The Kier molecular flexibility index (Phi) is 4.99. The Hall–Kier alpha value is -1.53. The van der Waals surface area contributed by atoms with Gasteiger partial charge < -0.3 is 15.2 Å². The molecule has 0 aliphatic rings. The monoisotopic (exact) mass is 245 g/mol. The van der Waals surface area contributed by atoms with E-state index in [-0.39, 0.29) is 6.61 Å². The van der Waals surface area contributed by atoms with E-state index >= 15 is 0 Å². The highest BCUT2D eigenvalue weighted by Crippen LogP contribution is 2.16. The van der Waals surface area contributed by atoms with Crippen LogP contribution in [-0.2, 0) is 9.53 Å². The van der Waals surface area contributed by atoms with Crippen LogP contribution in [0.15, 0.2) is 18.2 Å². The summed E-state index contributed by atoms with van der Waals surface area (Å²) in [6, 6.07) is 2.67. The van der Waals surface area contributed by atoms with Gasteiger partial charge in [0.1, 0.15) is 6.61 Å². The molecular formula is C11H13F2NO3. The van der Waals surface area contributed by atoms with Gasteiger partial charge in [-0.1, -0.05) is 6.07 Å². The zero-order valence-corrected chi connectivity index (χ0v) is 9.24. The Morgan fingerprint density at radius 1 is 1.47 bits per heavy atom. The first-order valence-corrected chi connectivity index (χ1v) is 4.92. The minimum atomic E-state index is -0.998. The highest BCUT2D eigenvalue weighted by atomic mass is 19.2. The molecule has 2 N–H and O–H groups in total. The van der Waals surface area contributed by atoms with Crippen molar-refractivity contribution in [2.45, 2.75) is 6.04 Å². The lowest BCUT2D eigenvalue weighted by Crippen LogP contribution is -2.33. The summed E-state index contributed by atoms with van der Waals surface area (Å²) in [5.41, 5.74) is 0.368. The van der Waals surface area contributed by atoms with Crippen LogP contribution in [0.25, 0.3) is 0 Å². The SMILES string of the molecule is COCC(NC(=O)CO)c1ccc(F)c(F)c1. The van der Waals surface area contributed by atoms with E-state index in [9.17, 15) is 13.6 Å². The second-order valence-electron chi connectivity index (χ2n) is 3.41. The molecule has 6 heteroatoms. The number of rotatable bonds is 5. The number of ether oxygens (including phenoxy) is 1. The van der Waals surface area contributed by atoms with Crippen LogP contribution < -0.4 is 5.32 Å². The number of methoxy groups -OCH3 is 1. The number of benzene rings is 1. The fourth-order valence-corrected chi connectivity index (χ4v) is 1.36. The van der Waals surface area contributed by atoms with E-state index in [0.717, 1.165) is 12.1 Å². The highest BCUT2D eigenvalue weighted by molar-refractivity contribution is 5.77. The predicted molar refractivity (Wildman–Crippen MR) is 56.2 cm³/mol. The molecule has 94 valence electrons. The molecule has 0 aromatic heterocycles. The van der Waals surface area contributed by atoms with Gasteiger partial charge in [0.2, 0.25) is 5.91 Å². The molecule has 0 spiro atoms. The van der Waals surface area contributed by atoms with Crippen molar-refractivity contribution in [3.63, 3.8) is 0 Å². The maximum atomic E-state index is 13.0. The number of carbonyl (C=O) groups excluding carboxylic acids is 1. The van der Waals surface area contributed by atoms with Crippen molar-refractivity contribution in [1.82, 2.24) is 5.32 Å². The normalized spacial score (nSPS) is 12.2. The molecule has 4 nitrogen and oxygen atoms in total. The molecule has 1 aromatic carbocycles. The maximum Gasteiger partial charge on any atom is 0.246 e. The summed E-state index contributed by atoms with van der Waals surface area (Å²) >= 11 is 0. The first-order chi connectivity index (χ1) is 8.08. The number of amides is 1. The molecule has 1 amide bonds. The molecule has 1 aromatic rings. The summed E-state index contributed by atoms with van der Waals surface area (Å²) in [7, 11) is 1.41. The van der Waals surface area contributed by atoms with Crippen LogP contribution >= 0.6 is 0 Å². The Morgan fingerprint density at radius 3 is 2.71 bits per heavy atom. The zero-order chi connectivity index (χ0) is 12.8. The van der Waals surface area contributed by atoms with Crippen LogP contribution in [0, 0.1) is 11.6 Å². The number of carbonyl (C=O) groups is 1. The fourth-order valence-electron chi connectivity index (χ4n) is 1.36. The number of halogens is 2. The zero-order valence-electron chi connectivity index (χ0n) is 9.24. The van der Waals surface area contributed by atoms with Crippen molar-refractivity contribution >= 4 is 5.91 Å². The fraction of sp³-hybridized carbons (Fsp3) is 0.364. The van der Waals surface area contributed by atoms with Gasteiger partial charge in [-0.2, -0.15) is 0 Å².